The first-order valence-electron chi connectivity index (χ1n) is 11.4. The molecule has 6 nitrogen and oxygen atoms in total. The number of aliphatic carboxylic acids is 1. The smallest absolute Gasteiger partial charge is 0.328 e. The lowest BCUT2D eigenvalue weighted by atomic mass is 10.0. The first-order chi connectivity index (χ1) is 16.7. The number of carboxylic acid groups (broad SMARTS) is 1. The van der Waals surface area contributed by atoms with Crippen LogP contribution in [0.3, 0.4) is 0 Å². The van der Waals surface area contributed by atoms with E-state index in [0.717, 1.165) is 58.0 Å². The fourth-order valence-electron chi connectivity index (χ4n) is 3.77. The van der Waals surface area contributed by atoms with Crippen molar-refractivity contribution in [3.8, 4) is 22.8 Å². The third-order valence-electron chi connectivity index (χ3n) is 5.34. The summed E-state index contributed by atoms with van der Waals surface area (Å²) in [4.78, 5) is 10.7. The van der Waals surface area contributed by atoms with E-state index in [1.807, 2.05) is 66.7 Å². The van der Waals surface area contributed by atoms with Gasteiger partial charge in [-0.15, -0.1) is 0 Å². The van der Waals surface area contributed by atoms with E-state index >= 15 is 0 Å². The zero-order chi connectivity index (χ0) is 23.8. The molecule has 0 aliphatic rings. The van der Waals surface area contributed by atoms with Crippen LogP contribution < -0.4 is 9.47 Å². The molecule has 0 bridgehead atoms. The number of benzene rings is 3. The maximum atomic E-state index is 10.7. The second kappa shape index (κ2) is 11.2. The number of aromatic nitrogens is 1. The summed E-state index contributed by atoms with van der Waals surface area (Å²) in [5, 5.41) is 14.1. The molecule has 1 aromatic heterocycles. The largest absolute Gasteiger partial charge is 0.493 e. The predicted molar refractivity (Wildman–Crippen MR) is 132 cm³/mol. The number of nitrogens with zero attached hydrogens (tertiary/aromatic N) is 1. The molecule has 3 aromatic carbocycles. The van der Waals surface area contributed by atoms with Gasteiger partial charge < -0.3 is 19.1 Å². The maximum Gasteiger partial charge on any atom is 0.328 e. The Bertz CT molecular complexity index is 1280. The van der Waals surface area contributed by atoms with Crippen molar-refractivity contribution in [3.63, 3.8) is 0 Å². The predicted octanol–water partition coefficient (Wildman–Crippen LogP) is 6.39. The third kappa shape index (κ3) is 5.64. The van der Waals surface area contributed by atoms with Crippen LogP contribution in [0.1, 0.15) is 30.9 Å². The average molecular weight is 458 g/mol. The monoisotopic (exact) mass is 457 g/mol. The summed E-state index contributed by atoms with van der Waals surface area (Å²) in [6, 6.07) is 21.3. The number of carboxylic acids is 1. The van der Waals surface area contributed by atoms with E-state index in [2.05, 4.69) is 12.1 Å². The van der Waals surface area contributed by atoms with Crippen molar-refractivity contribution in [2.75, 3.05) is 13.2 Å². The third-order valence-corrected chi connectivity index (χ3v) is 5.34. The Morgan fingerprint density at radius 2 is 1.85 bits per heavy atom. The van der Waals surface area contributed by atoms with Gasteiger partial charge in [-0.05, 0) is 42.3 Å². The van der Waals surface area contributed by atoms with Gasteiger partial charge in [-0.25, -0.2) is 4.79 Å². The molecule has 4 aromatic rings. The average Bonchev–Trinajstić information content (AvgIpc) is 3.29. The molecule has 0 amide bonds. The molecule has 4 rings (SSSR count). The molecule has 174 valence electrons. The van der Waals surface area contributed by atoms with Gasteiger partial charge in [0.05, 0.1) is 18.6 Å². The normalized spacial score (nSPS) is 11.2. The van der Waals surface area contributed by atoms with Crippen molar-refractivity contribution >= 4 is 23.0 Å². The number of rotatable bonds is 11. The first kappa shape index (κ1) is 23.1. The Morgan fingerprint density at radius 1 is 1.03 bits per heavy atom. The summed E-state index contributed by atoms with van der Waals surface area (Å²) in [5.41, 5.74) is 4.45. The van der Waals surface area contributed by atoms with Crippen LogP contribution in [0.4, 0.5) is 0 Å². The van der Waals surface area contributed by atoms with Crippen molar-refractivity contribution < 1.29 is 23.9 Å². The fourth-order valence-corrected chi connectivity index (χ4v) is 3.77. The Hall–Kier alpha value is -4.06. The van der Waals surface area contributed by atoms with Crippen LogP contribution in [-0.2, 0) is 11.2 Å². The SMILES string of the molecule is CCCc1c(OCCCOc2cccc(/C=C/C(=O)O)c2)ccc2c(-c3ccccc3)noc12. The van der Waals surface area contributed by atoms with Crippen LogP contribution in [0.25, 0.3) is 28.3 Å². The summed E-state index contributed by atoms with van der Waals surface area (Å²) in [5.74, 6) is 0.521. The Labute approximate surface area is 198 Å². The zero-order valence-electron chi connectivity index (χ0n) is 19.1. The molecular weight excluding hydrogens is 430 g/mol. The minimum Gasteiger partial charge on any atom is -0.493 e. The molecule has 0 atom stereocenters. The van der Waals surface area contributed by atoms with E-state index in [4.69, 9.17) is 19.1 Å². The molecule has 1 heterocycles. The Morgan fingerprint density at radius 3 is 2.65 bits per heavy atom. The fraction of sp³-hybridized carbons (Fsp3) is 0.214. The highest BCUT2D eigenvalue weighted by Crippen LogP contribution is 2.35. The Kier molecular flexibility index (Phi) is 7.60. The summed E-state index contributed by atoms with van der Waals surface area (Å²) in [6.07, 6.45) is 5.14. The van der Waals surface area contributed by atoms with E-state index in [-0.39, 0.29) is 0 Å². The highest BCUT2D eigenvalue weighted by atomic mass is 16.5. The molecule has 0 saturated carbocycles. The maximum absolute atomic E-state index is 10.7. The summed E-state index contributed by atoms with van der Waals surface area (Å²) >= 11 is 0. The second-order valence-electron chi connectivity index (χ2n) is 7.86. The van der Waals surface area contributed by atoms with Gasteiger partial charge in [-0.1, -0.05) is 61.0 Å². The van der Waals surface area contributed by atoms with Crippen LogP contribution >= 0.6 is 0 Å². The van der Waals surface area contributed by atoms with E-state index in [1.165, 1.54) is 6.08 Å². The quantitative estimate of drug-likeness (QED) is 0.207. The Balaban J connectivity index is 1.38. The second-order valence-corrected chi connectivity index (χ2v) is 7.86. The number of hydrogen-bond acceptors (Lipinski definition) is 5. The number of hydrogen-bond donors (Lipinski definition) is 1. The van der Waals surface area contributed by atoms with Gasteiger partial charge in [0.25, 0.3) is 0 Å². The lowest BCUT2D eigenvalue weighted by Crippen LogP contribution is -2.06. The van der Waals surface area contributed by atoms with Gasteiger partial charge in [-0.2, -0.15) is 0 Å². The molecule has 0 aliphatic heterocycles. The van der Waals surface area contributed by atoms with Crippen LogP contribution in [-0.4, -0.2) is 29.4 Å². The van der Waals surface area contributed by atoms with Crippen molar-refractivity contribution in [2.24, 2.45) is 0 Å². The van der Waals surface area contributed by atoms with Gasteiger partial charge in [0.15, 0.2) is 5.58 Å². The minimum atomic E-state index is -0.981. The molecule has 1 N–H and O–H groups in total. The van der Waals surface area contributed by atoms with Gasteiger partial charge in [-0.3, -0.25) is 0 Å². The van der Waals surface area contributed by atoms with Crippen LogP contribution in [0.15, 0.2) is 77.3 Å². The topological polar surface area (TPSA) is 81.8 Å². The molecule has 0 aliphatic carbocycles. The number of aryl methyl sites for hydroxylation is 1. The first-order valence-corrected chi connectivity index (χ1v) is 11.4. The van der Waals surface area contributed by atoms with Gasteiger partial charge in [0.2, 0.25) is 0 Å². The molecule has 0 spiro atoms. The number of fused-ring (bicyclic) bond motifs is 1. The molecule has 0 radical (unpaired) electrons. The number of ether oxygens (including phenoxy) is 2. The highest BCUT2D eigenvalue weighted by Gasteiger charge is 2.17. The molecule has 34 heavy (non-hydrogen) atoms. The standard InChI is InChI=1S/C28H27NO5/c1-2-8-23-25(15-14-24-27(29-34-28(23)24)21-10-4-3-5-11-21)33-18-7-17-32-22-12-6-9-20(19-22)13-16-26(30)31/h3-6,9-16,19H,2,7-8,17-18H2,1H3,(H,30,31)/b16-13+. The van der Waals surface area contributed by atoms with Crippen LogP contribution in [0.2, 0.25) is 0 Å². The van der Waals surface area contributed by atoms with Gasteiger partial charge in [0, 0.05) is 23.6 Å². The van der Waals surface area contributed by atoms with Gasteiger partial charge in [0.1, 0.15) is 17.2 Å². The van der Waals surface area contributed by atoms with Crippen molar-refractivity contribution in [3.05, 3.63) is 83.9 Å². The number of carbonyl (C=O) groups is 1. The van der Waals surface area contributed by atoms with E-state index in [0.29, 0.717) is 25.4 Å². The minimum absolute atomic E-state index is 0.484. The molecule has 6 heteroatoms. The molecule has 0 unspecified atom stereocenters. The summed E-state index contributed by atoms with van der Waals surface area (Å²) in [7, 11) is 0. The van der Waals surface area contributed by atoms with Crippen molar-refractivity contribution in [1.82, 2.24) is 5.16 Å². The van der Waals surface area contributed by atoms with Crippen LogP contribution in [0.5, 0.6) is 11.5 Å². The van der Waals surface area contributed by atoms with E-state index in [1.54, 1.807) is 0 Å². The van der Waals surface area contributed by atoms with E-state index in [9.17, 15) is 4.79 Å². The lowest BCUT2D eigenvalue weighted by Gasteiger charge is -2.12. The van der Waals surface area contributed by atoms with Crippen molar-refractivity contribution in [2.45, 2.75) is 26.2 Å². The zero-order valence-corrected chi connectivity index (χ0v) is 19.1. The molecular formula is C28H27NO5. The summed E-state index contributed by atoms with van der Waals surface area (Å²) < 4.78 is 17.7. The summed E-state index contributed by atoms with van der Waals surface area (Å²) in [6.45, 7) is 3.11. The molecule has 0 fully saturated rings. The molecule has 0 saturated heterocycles. The van der Waals surface area contributed by atoms with Crippen LogP contribution in [0, 0.1) is 0 Å². The van der Waals surface area contributed by atoms with E-state index < -0.39 is 5.97 Å². The van der Waals surface area contributed by atoms with Gasteiger partial charge >= 0.3 is 5.97 Å². The lowest BCUT2D eigenvalue weighted by molar-refractivity contribution is -0.131. The van der Waals surface area contributed by atoms with Crippen molar-refractivity contribution in [1.29, 1.82) is 0 Å². The highest BCUT2D eigenvalue weighted by molar-refractivity contribution is 5.94.